The monoisotopic (exact) mass is 212 g/mol. The third-order valence-electron chi connectivity index (χ3n) is 2.50. The van der Waals surface area contributed by atoms with E-state index in [2.05, 4.69) is 21.3 Å². The van der Waals surface area contributed by atoms with Crippen LogP contribution < -0.4 is 0 Å². The van der Waals surface area contributed by atoms with Crippen LogP contribution in [0.25, 0.3) is 11.3 Å². The molecule has 0 unspecified atom stereocenters. The van der Waals surface area contributed by atoms with Gasteiger partial charge in [0.15, 0.2) is 0 Å². The van der Waals surface area contributed by atoms with E-state index >= 15 is 0 Å². The molecule has 0 spiro atoms. The van der Waals surface area contributed by atoms with Crippen LogP contribution in [0.2, 0.25) is 0 Å². The van der Waals surface area contributed by atoms with Crippen molar-refractivity contribution in [2.45, 2.75) is 19.8 Å². The second kappa shape index (κ2) is 4.58. The molecule has 0 fully saturated rings. The van der Waals surface area contributed by atoms with E-state index < -0.39 is 0 Å². The largest absolute Gasteiger partial charge is 0.282 e. The molecule has 0 aromatic carbocycles. The minimum atomic E-state index is 0.508. The van der Waals surface area contributed by atoms with Crippen LogP contribution >= 0.6 is 0 Å². The number of hydrogen-bond acceptors (Lipinski definition) is 3. The van der Waals surface area contributed by atoms with Crippen molar-refractivity contribution in [1.82, 2.24) is 15.2 Å². The lowest BCUT2D eigenvalue weighted by molar-refractivity contribution is 0.991. The quantitative estimate of drug-likeness (QED) is 0.848. The highest BCUT2D eigenvalue weighted by atomic mass is 15.1. The first-order chi connectivity index (χ1) is 7.83. The zero-order chi connectivity index (χ0) is 11.4. The highest BCUT2D eigenvalue weighted by molar-refractivity contribution is 5.62. The molecule has 16 heavy (non-hydrogen) atoms. The van der Waals surface area contributed by atoms with Crippen LogP contribution in [0.15, 0.2) is 24.5 Å². The molecule has 2 heterocycles. The molecule has 2 aromatic rings. The maximum Gasteiger partial charge on any atom is 0.0971 e. The Bertz CT molecular complexity index is 508. The van der Waals surface area contributed by atoms with Crippen molar-refractivity contribution in [3.63, 3.8) is 0 Å². The van der Waals surface area contributed by atoms with Gasteiger partial charge in [-0.1, -0.05) is 0 Å². The number of aromatic nitrogens is 3. The third kappa shape index (κ3) is 1.94. The van der Waals surface area contributed by atoms with Gasteiger partial charge in [-0.15, -0.1) is 0 Å². The Balaban J connectivity index is 2.39. The number of aryl methyl sites for hydroxylation is 1. The van der Waals surface area contributed by atoms with Crippen LogP contribution in [-0.2, 0) is 6.42 Å². The maximum absolute atomic E-state index is 8.62. The van der Waals surface area contributed by atoms with Crippen molar-refractivity contribution >= 4 is 0 Å². The fourth-order valence-corrected chi connectivity index (χ4v) is 1.68. The Labute approximate surface area is 94.0 Å². The van der Waals surface area contributed by atoms with Crippen molar-refractivity contribution in [3.8, 4) is 17.3 Å². The molecule has 0 amide bonds. The van der Waals surface area contributed by atoms with E-state index in [4.69, 9.17) is 5.26 Å². The van der Waals surface area contributed by atoms with Gasteiger partial charge in [0, 0.05) is 35.6 Å². The first kappa shape index (κ1) is 10.4. The van der Waals surface area contributed by atoms with E-state index in [0.717, 1.165) is 28.9 Å². The van der Waals surface area contributed by atoms with Crippen LogP contribution in [0.1, 0.15) is 17.7 Å². The Kier molecular flexibility index (Phi) is 2.97. The molecule has 0 atom stereocenters. The number of pyridine rings is 1. The fourth-order valence-electron chi connectivity index (χ4n) is 1.68. The molecule has 80 valence electrons. The van der Waals surface area contributed by atoms with Crippen molar-refractivity contribution in [1.29, 1.82) is 5.26 Å². The van der Waals surface area contributed by atoms with Gasteiger partial charge in [-0.25, -0.2) is 0 Å². The number of hydrogen-bond donors (Lipinski definition) is 1. The number of rotatable bonds is 3. The van der Waals surface area contributed by atoms with Crippen molar-refractivity contribution < 1.29 is 0 Å². The van der Waals surface area contributed by atoms with E-state index in [0.29, 0.717) is 6.42 Å². The van der Waals surface area contributed by atoms with Gasteiger partial charge >= 0.3 is 0 Å². The van der Waals surface area contributed by atoms with Crippen LogP contribution in [0.5, 0.6) is 0 Å². The molecule has 0 radical (unpaired) electrons. The van der Waals surface area contributed by atoms with Crippen molar-refractivity contribution in [3.05, 3.63) is 35.8 Å². The third-order valence-corrected chi connectivity index (χ3v) is 2.50. The minimum absolute atomic E-state index is 0.508. The Morgan fingerprint density at radius 1 is 1.50 bits per heavy atom. The summed E-state index contributed by atoms with van der Waals surface area (Å²) in [5.74, 6) is 0. The normalized spacial score (nSPS) is 10.0. The highest BCUT2D eigenvalue weighted by Crippen LogP contribution is 2.23. The van der Waals surface area contributed by atoms with Crippen LogP contribution in [0, 0.1) is 18.3 Å². The summed E-state index contributed by atoms with van der Waals surface area (Å²) in [4.78, 5) is 4.07. The Morgan fingerprint density at radius 2 is 2.38 bits per heavy atom. The summed E-state index contributed by atoms with van der Waals surface area (Å²) < 4.78 is 0. The Morgan fingerprint density at radius 3 is 3.06 bits per heavy atom. The van der Waals surface area contributed by atoms with Crippen LogP contribution in [0.4, 0.5) is 0 Å². The molecule has 1 N–H and O–H groups in total. The van der Waals surface area contributed by atoms with Gasteiger partial charge in [-0.2, -0.15) is 10.4 Å². The number of aromatic amines is 1. The predicted octanol–water partition coefficient (Wildman–Crippen LogP) is 2.24. The zero-order valence-corrected chi connectivity index (χ0v) is 9.07. The summed E-state index contributed by atoms with van der Waals surface area (Å²) in [6, 6.07) is 6.01. The molecule has 0 aliphatic carbocycles. The smallest absolute Gasteiger partial charge is 0.0971 e. The van der Waals surface area contributed by atoms with Gasteiger partial charge in [-0.05, 0) is 25.5 Å². The molecule has 4 heteroatoms. The van der Waals surface area contributed by atoms with Gasteiger partial charge in [0.2, 0.25) is 0 Å². The molecule has 4 nitrogen and oxygen atoms in total. The second-order valence-corrected chi connectivity index (χ2v) is 3.58. The van der Waals surface area contributed by atoms with Crippen LogP contribution in [-0.4, -0.2) is 15.2 Å². The van der Waals surface area contributed by atoms with E-state index in [1.165, 1.54) is 0 Å². The lowest BCUT2D eigenvalue weighted by Crippen LogP contribution is -1.89. The van der Waals surface area contributed by atoms with Gasteiger partial charge in [0.1, 0.15) is 0 Å². The van der Waals surface area contributed by atoms with E-state index in [1.54, 1.807) is 12.4 Å². The molecule has 0 bridgehead atoms. The Hall–Kier alpha value is -2.15. The summed E-state index contributed by atoms with van der Waals surface area (Å²) in [6.07, 6.45) is 4.75. The lowest BCUT2D eigenvalue weighted by Gasteiger charge is -2.00. The molecule has 0 aliphatic heterocycles. The summed E-state index contributed by atoms with van der Waals surface area (Å²) in [5, 5.41) is 15.8. The fraction of sp³-hybridized carbons (Fsp3) is 0.250. The second-order valence-electron chi connectivity index (χ2n) is 3.58. The molecular formula is C12H12N4. The first-order valence-corrected chi connectivity index (χ1v) is 5.14. The summed E-state index contributed by atoms with van der Waals surface area (Å²) in [6.45, 7) is 1.97. The number of nitrogens with zero attached hydrogens (tertiary/aromatic N) is 3. The van der Waals surface area contributed by atoms with Gasteiger partial charge in [0.05, 0.1) is 11.8 Å². The van der Waals surface area contributed by atoms with Crippen molar-refractivity contribution in [2.75, 3.05) is 0 Å². The molecule has 0 aliphatic rings. The first-order valence-electron chi connectivity index (χ1n) is 5.14. The standard InChI is InChI=1S/C12H12N4/c1-9-11(5-2-6-13)12(16-15-9)10-4-3-7-14-8-10/h3-4,7-8H,2,5H2,1H3,(H,15,16). The summed E-state index contributed by atoms with van der Waals surface area (Å²) >= 11 is 0. The minimum Gasteiger partial charge on any atom is -0.282 e. The molecule has 0 saturated heterocycles. The lowest BCUT2D eigenvalue weighted by atomic mass is 10.0. The SMILES string of the molecule is Cc1[nH]nc(-c2cccnc2)c1CCC#N. The highest BCUT2D eigenvalue weighted by Gasteiger charge is 2.11. The number of nitrogens with one attached hydrogen (secondary N) is 1. The van der Waals surface area contributed by atoms with E-state index in [9.17, 15) is 0 Å². The van der Waals surface area contributed by atoms with Gasteiger partial charge in [0.25, 0.3) is 0 Å². The van der Waals surface area contributed by atoms with E-state index in [1.807, 2.05) is 19.1 Å². The average molecular weight is 212 g/mol. The maximum atomic E-state index is 8.62. The topological polar surface area (TPSA) is 65.4 Å². The molecule has 2 rings (SSSR count). The van der Waals surface area contributed by atoms with Gasteiger partial charge in [-0.3, -0.25) is 10.1 Å². The van der Waals surface area contributed by atoms with Crippen LogP contribution in [0.3, 0.4) is 0 Å². The average Bonchev–Trinajstić information content (AvgIpc) is 2.69. The number of nitriles is 1. The van der Waals surface area contributed by atoms with Gasteiger partial charge < -0.3 is 0 Å². The molecule has 2 aromatic heterocycles. The molecular weight excluding hydrogens is 200 g/mol. The van der Waals surface area contributed by atoms with E-state index in [-0.39, 0.29) is 0 Å². The zero-order valence-electron chi connectivity index (χ0n) is 9.07. The summed E-state index contributed by atoms with van der Waals surface area (Å²) in [5.41, 5.74) is 4.02. The molecule has 0 saturated carbocycles. The van der Waals surface area contributed by atoms with Crippen molar-refractivity contribution in [2.24, 2.45) is 0 Å². The number of H-pyrrole nitrogens is 1. The predicted molar refractivity (Wildman–Crippen MR) is 60.5 cm³/mol. The summed E-state index contributed by atoms with van der Waals surface area (Å²) in [7, 11) is 0.